The molecule has 3 atom stereocenters. The van der Waals surface area contributed by atoms with Gasteiger partial charge in [-0.05, 0) is 32.1 Å². The average molecular weight is 222 g/mol. The second-order valence-electron chi connectivity index (χ2n) is 5.02. The van der Waals surface area contributed by atoms with Gasteiger partial charge >= 0.3 is 5.97 Å². The number of carbonyl (C=O) groups excluding carboxylic acids is 1. The number of hydrogen-bond donors (Lipinski definition) is 0. The molecular weight excluding hydrogens is 204 g/mol. The highest BCUT2D eigenvalue weighted by Gasteiger charge is 2.73. The second kappa shape index (κ2) is 3.59. The van der Waals surface area contributed by atoms with E-state index in [1.54, 1.807) is 0 Å². The molecule has 1 heterocycles. The Morgan fingerprint density at radius 1 is 1.56 bits per heavy atom. The fourth-order valence-corrected chi connectivity index (χ4v) is 3.60. The molecule has 0 bridgehead atoms. The van der Waals surface area contributed by atoms with Crippen LogP contribution in [0.2, 0.25) is 0 Å². The Balaban J connectivity index is 1.93. The SMILES string of the molecule is COC(=O)[C@@]1(C2=CCCC2)[C@@H]2OCCC[C@@H]21. The molecule has 0 spiro atoms. The van der Waals surface area contributed by atoms with Gasteiger partial charge in [-0.25, -0.2) is 0 Å². The lowest BCUT2D eigenvalue weighted by molar-refractivity contribution is -0.147. The Labute approximate surface area is 95.8 Å². The maximum absolute atomic E-state index is 12.1. The number of hydrogen-bond acceptors (Lipinski definition) is 3. The molecule has 3 nitrogen and oxygen atoms in total. The summed E-state index contributed by atoms with van der Waals surface area (Å²) in [6.07, 6.45) is 7.85. The van der Waals surface area contributed by atoms with Crippen molar-refractivity contribution in [2.24, 2.45) is 11.3 Å². The Kier molecular flexibility index (Phi) is 2.32. The van der Waals surface area contributed by atoms with Crippen LogP contribution in [0.4, 0.5) is 0 Å². The van der Waals surface area contributed by atoms with Gasteiger partial charge in [0.25, 0.3) is 0 Å². The first-order valence-corrected chi connectivity index (χ1v) is 6.21. The number of ether oxygens (including phenoxy) is 2. The van der Waals surface area contributed by atoms with E-state index in [0.717, 1.165) is 32.3 Å². The van der Waals surface area contributed by atoms with Gasteiger partial charge < -0.3 is 9.47 Å². The molecule has 0 aromatic rings. The summed E-state index contributed by atoms with van der Waals surface area (Å²) in [5, 5.41) is 0. The number of esters is 1. The van der Waals surface area contributed by atoms with Crippen LogP contribution in [0.3, 0.4) is 0 Å². The van der Waals surface area contributed by atoms with Crippen LogP contribution in [0.15, 0.2) is 11.6 Å². The van der Waals surface area contributed by atoms with Crippen LogP contribution in [-0.4, -0.2) is 25.8 Å². The zero-order chi connectivity index (χ0) is 11.2. The van der Waals surface area contributed by atoms with Crippen LogP contribution in [0.1, 0.15) is 32.1 Å². The molecule has 1 saturated carbocycles. The van der Waals surface area contributed by atoms with E-state index in [0.29, 0.717) is 5.92 Å². The van der Waals surface area contributed by atoms with Gasteiger partial charge in [0.05, 0.1) is 13.2 Å². The molecule has 3 heteroatoms. The predicted octanol–water partition coefficient (Wildman–Crippen LogP) is 2.06. The first-order valence-electron chi connectivity index (χ1n) is 6.21. The van der Waals surface area contributed by atoms with Gasteiger partial charge in [0.15, 0.2) is 0 Å². The largest absolute Gasteiger partial charge is 0.468 e. The van der Waals surface area contributed by atoms with E-state index < -0.39 is 0 Å². The van der Waals surface area contributed by atoms with E-state index in [2.05, 4.69) is 6.08 Å². The van der Waals surface area contributed by atoms with Crippen molar-refractivity contribution in [1.29, 1.82) is 0 Å². The van der Waals surface area contributed by atoms with E-state index in [9.17, 15) is 4.79 Å². The lowest BCUT2D eigenvalue weighted by atomic mass is 9.91. The van der Waals surface area contributed by atoms with E-state index in [1.807, 2.05) is 0 Å². The molecule has 1 saturated heterocycles. The van der Waals surface area contributed by atoms with Gasteiger partial charge in [0.1, 0.15) is 5.41 Å². The second-order valence-corrected chi connectivity index (χ2v) is 5.02. The maximum Gasteiger partial charge on any atom is 0.319 e. The summed E-state index contributed by atoms with van der Waals surface area (Å²) in [6.45, 7) is 0.799. The highest BCUT2D eigenvalue weighted by atomic mass is 16.5. The van der Waals surface area contributed by atoms with Crippen LogP contribution in [0, 0.1) is 11.3 Å². The smallest absolute Gasteiger partial charge is 0.319 e. The average Bonchev–Trinajstić information content (AvgIpc) is 2.73. The van der Waals surface area contributed by atoms with Crippen LogP contribution in [-0.2, 0) is 14.3 Å². The van der Waals surface area contributed by atoms with Crippen molar-refractivity contribution in [3.05, 3.63) is 11.6 Å². The third kappa shape index (κ3) is 1.15. The molecule has 0 N–H and O–H groups in total. The van der Waals surface area contributed by atoms with E-state index in [4.69, 9.17) is 9.47 Å². The first-order chi connectivity index (χ1) is 7.81. The Morgan fingerprint density at radius 3 is 3.00 bits per heavy atom. The Bertz CT molecular complexity index is 333. The van der Waals surface area contributed by atoms with Crippen molar-refractivity contribution in [3.8, 4) is 0 Å². The normalized spacial score (nSPS) is 41.2. The van der Waals surface area contributed by atoms with Crippen molar-refractivity contribution in [3.63, 3.8) is 0 Å². The predicted molar refractivity (Wildman–Crippen MR) is 58.8 cm³/mol. The molecule has 2 aliphatic carbocycles. The Hall–Kier alpha value is -0.830. The summed E-state index contributed by atoms with van der Waals surface area (Å²) in [5.41, 5.74) is 0.901. The van der Waals surface area contributed by atoms with Crippen molar-refractivity contribution in [2.75, 3.05) is 13.7 Å². The summed E-state index contributed by atoms with van der Waals surface area (Å²) in [6, 6.07) is 0. The molecule has 0 aromatic heterocycles. The molecule has 16 heavy (non-hydrogen) atoms. The maximum atomic E-state index is 12.1. The molecular formula is C13H18O3. The molecule has 88 valence electrons. The van der Waals surface area contributed by atoms with Gasteiger partial charge in [0, 0.05) is 12.5 Å². The fraction of sp³-hybridized carbons (Fsp3) is 0.769. The summed E-state index contributed by atoms with van der Waals surface area (Å²) < 4.78 is 10.8. The molecule has 0 unspecified atom stereocenters. The van der Waals surface area contributed by atoms with Crippen LogP contribution >= 0.6 is 0 Å². The van der Waals surface area contributed by atoms with E-state index >= 15 is 0 Å². The molecule has 0 amide bonds. The van der Waals surface area contributed by atoms with Crippen LogP contribution < -0.4 is 0 Å². The fourth-order valence-electron chi connectivity index (χ4n) is 3.60. The minimum absolute atomic E-state index is 0.0717. The van der Waals surface area contributed by atoms with Crippen molar-refractivity contribution in [2.45, 2.75) is 38.2 Å². The zero-order valence-corrected chi connectivity index (χ0v) is 9.70. The van der Waals surface area contributed by atoms with Gasteiger partial charge in [-0.3, -0.25) is 4.79 Å². The number of allylic oxidation sites excluding steroid dienone is 1. The van der Waals surface area contributed by atoms with Crippen LogP contribution in [0.5, 0.6) is 0 Å². The van der Waals surface area contributed by atoms with E-state index in [1.165, 1.54) is 19.1 Å². The summed E-state index contributed by atoms with van der Waals surface area (Å²) >= 11 is 0. The number of carbonyl (C=O) groups is 1. The number of fused-ring (bicyclic) bond motifs is 1. The third-order valence-electron chi connectivity index (χ3n) is 4.34. The summed E-state index contributed by atoms with van der Waals surface area (Å²) in [7, 11) is 1.49. The van der Waals surface area contributed by atoms with Crippen molar-refractivity contribution < 1.29 is 14.3 Å². The Morgan fingerprint density at radius 2 is 2.44 bits per heavy atom. The minimum atomic E-state index is -0.387. The summed E-state index contributed by atoms with van der Waals surface area (Å²) in [4.78, 5) is 12.1. The highest BCUT2D eigenvalue weighted by molar-refractivity contribution is 5.86. The molecule has 3 rings (SSSR count). The van der Waals surface area contributed by atoms with Gasteiger partial charge in [0.2, 0.25) is 0 Å². The topological polar surface area (TPSA) is 35.5 Å². The van der Waals surface area contributed by atoms with Gasteiger partial charge in [-0.15, -0.1) is 0 Å². The molecule has 0 aromatic carbocycles. The lowest BCUT2D eigenvalue weighted by Crippen LogP contribution is -2.25. The van der Waals surface area contributed by atoms with Crippen molar-refractivity contribution in [1.82, 2.24) is 0 Å². The quantitative estimate of drug-likeness (QED) is 0.530. The van der Waals surface area contributed by atoms with Crippen LogP contribution in [0.25, 0.3) is 0 Å². The number of rotatable bonds is 2. The standard InChI is InChI=1S/C13H18O3/c1-15-12(14)13(9-5-2-3-6-9)10-7-4-8-16-11(10)13/h5,10-11H,2-4,6-8H2,1H3/t10-,11+,13+/m0/s1. The molecule has 3 aliphatic rings. The third-order valence-corrected chi connectivity index (χ3v) is 4.34. The first kappa shape index (κ1) is 10.3. The molecule has 2 fully saturated rings. The zero-order valence-electron chi connectivity index (χ0n) is 9.70. The molecule has 1 aliphatic heterocycles. The highest BCUT2D eigenvalue weighted by Crippen LogP contribution is 2.65. The number of methoxy groups -OCH3 is 1. The minimum Gasteiger partial charge on any atom is -0.468 e. The summed E-state index contributed by atoms with van der Waals surface area (Å²) in [5.74, 6) is 0.315. The van der Waals surface area contributed by atoms with E-state index in [-0.39, 0.29) is 17.5 Å². The molecule has 0 radical (unpaired) electrons. The van der Waals surface area contributed by atoms with Gasteiger partial charge in [-0.1, -0.05) is 11.6 Å². The van der Waals surface area contributed by atoms with Crippen molar-refractivity contribution >= 4 is 5.97 Å². The lowest BCUT2D eigenvalue weighted by Gasteiger charge is -2.16. The monoisotopic (exact) mass is 222 g/mol. The van der Waals surface area contributed by atoms with Gasteiger partial charge in [-0.2, -0.15) is 0 Å².